The van der Waals surface area contributed by atoms with E-state index in [1.165, 1.54) is 23.9 Å². The van der Waals surface area contributed by atoms with E-state index in [1.54, 1.807) is 46.1 Å². The molecular formula is C33H32ClF3N2O3S. The Hall–Kier alpha value is -3.43. The van der Waals surface area contributed by atoms with Gasteiger partial charge >= 0.3 is 5.97 Å². The van der Waals surface area contributed by atoms with Gasteiger partial charge in [0, 0.05) is 22.4 Å². The van der Waals surface area contributed by atoms with Gasteiger partial charge in [-0.1, -0.05) is 29.4 Å². The summed E-state index contributed by atoms with van der Waals surface area (Å²) in [5.74, 6) is -2.43. The van der Waals surface area contributed by atoms with Crippen molar-refractivity contribution in [3.05, 3.63) is 105 Å². The molecule has 0 bridgehead atoms. The number of carbonyl (C=O) groups is 1. The number of fused-ring (bicyclic) bond motifs is 1. The minimum absolute atomic E-state index is 0.0885. The molecular weight excluding hydrogens is 597 g/mol. The smallest absolute Gasteiger partial charge is 0.338 e. The molecule has 0 saturated carbocycles. The standard InChI is InChI=1S/C33H32ClF3N2O3S/c1-32(2,3)42-30(40)19-15-25(36)23(26(37)16-19)18-43-31-38-27-7-6-14-33(4,20-8-13-24(34)28(17-20)41-5)29(27)39(31)22-11-9-21(35)10-12-22/h8-13,15-17H,6-7,14,18H2,1-5H3. The third-order valence-corrected chi connectivity index (χ3v) is 8.80. The quantitative estimate of drug-likeness (QED) is 0.151. The monoisotopic (exact) mass is 628 g/mol. The maximum absolute atomic E-state index is 15.2. The first-order valence-corrected chi connectivity index (χ1v) is 15.2. The van der Waals surface area contributed by atoms with Crippen LogP contribution in [-0.2, 0) is 22.3 Å². The third-order valence-electron chi connectivity index (χ3n) is 7.53. The van der Waals surface area contributed by atoms with Crippen LogP contribution in [0, 0.1) is 17.5 Å². The molecule has 3 aromatic carbocycles. The van der Waals surface area contributed by atoms with Crippen molar-refractivity contribution in [3.8, 4) is 11.4 Å². The molecule has 4 aromatic rings. The third kappa shape index (κ3) is 6.29. The molecule has 0 radical (unpaired) electrons. The Bertz CT molecular complexity index is 1660. The summed E-state index contributed by atoms with van der Waals surface area (Å²) in [6.45, 7) is 7.16. The summed E-state index contributed by atoms with van der Waals surface area (Å²) in [6.07, 6.45) is 2.39. The first-order valence-electron chi connectivity index (χ1n) is 13.9. The number of thioether (sulfide) groups is 1. The summed E-state index contributed by atoms with van der Waals surface area (Å²) in [4.78, 5) is 17.4. The molecule has 1 atom stereocenters. The predicted octanol–water partition coefficient (Wildman–Crippen LogP) is 8.84. The molecule has 1 aromatic heterocycles. The Morgan fingerprint density at radius 3 is 2.37 bits per heavy atom. The maximum Gasteiger partial charge on any atom is 0.338 e. The first kappa shape index (κ1) is 31.0. The average molecular weight is 629 g/mol. The molecule has 5 nitrogen and oxygen atoms in total. The van der Waals surface area contributed by atoms with Crippen LogP contribution < -0.4 is 4.74 Å². The number of hydrogen-bond acceptors (Lipinski definition) is 5. The minimum Gasteiger partial charge on any atom is -0.495 e. The normalized spacial score (nSPS) is 16.6. The number of methoxy groups -OCH3 is 1. The largest absolute Gasteiger partial charge is 0.495 e. The number of esters is 1. The summed E-state index contributed by atoms with van der Waals surface area (Å²) >= 11 is 7.51. The van der Waals surface area contributed by atoms with Crippen LogP contribution in [0.1, 0.15) is 73.4 Å². The predicted molar refractivity (Wildman–Crippen MR) is 162 cm³/mol. The summed E-state index contributed by atoms with van der Waals surface area (Å²) in [5, 5.41) is 1.01. The van der Waals surface area contributed by atoms with Crippen LogP contribution >= 0.6 is 23.4 Å². The van der Waals surface area contributed by atoms with Crippen molar-refractivity contribution in [2.75, 3.05) is 7.11 Å². The summed E-state index contributed by atoms with van der Waals surface area (Å²) in [5.41, 5.74) is 1.72. The second-order valence-electron chi connectivity index (χ2n) is 11.7. The van der Waals surface area contributed by atoms with Crippen molar-refractivity contribution in [2.45, 2.75) is 68.9 Å². The van der Waals surface area contributed by atoms with Crippen molar-refractivity contribution < 1.29 is 27.4 Å². The van der Waals surface area contributed by atoms with E-state index in [1.807, 2.05) is 16.7 Å². The number of hydrogen-bond donors (Lipinski definition) is 0. The molecule has 1 aliphatic carbocycles. The van der Waals surface area contributed by atoms with Gasteiger partial charge < -0.3 is 9.47 Å². The molecule has 43 heavy (non-hydrogen) atoms. The summed E-state index contributed by atoms with van der Waals surface area (Å²) in [7, 11) is 1.56. The van der Waals surface area contributed by atoms with Crippen molar-refractivity contribution in [3.63, 3.8) is 0 Å². The van der Waals surface area contributed by atoms with Gasteiger partial charge in [0.1, 0.15) is 28.8 Å². The minimum atomic E-state index is -0.851. The Morgan fingerprint density at radius 2 is 1.74 bits per heavy atom. The fraction of sp³-hybridized carbons (Fsp3) is 0.333. The topological polar surface area (TPSA) is 53.4 Å². The van der Waals surface area contributed by atoms with E-state index in [0.717, 1.165) is 41.9 Å². The zero-order chi connectivity index (χ0) is 31.1. The highest BCUT2D eigenvalue weighted by molar-refractivity contribution is 7.98. The van der Waals surface area contributed by atoms with Crippen LogP contribution in [-0.4, -0.2) is 28.2 Å². The number of imidazole rings is 1. The number of aromatic nitrogens is 2. The number of rotatable bonds is 7. The molecule has 226 valence electrons. The van der Waals surface area contributed by atoms with Crippen LogP contribution in [0.15, 0.2) is 59.8 Å². The van der Waals surface area contributed by atoms with Crippen molar-refractivity contribution in [2.24, 2.45) is 0 Å². The van der Waals surface area contributed by atoms with Crippen molar-refractivity contribution >= 4 is 29.3 Å². The van der Waals surface area contributed by atoms with Gasteiger partial charge in [-0.15, -0.1) is 0 Å². The van der Waals surface area contributed by atoms with E-state index in [9.17, 15) is 9.18 Å². The van der Waals surface area contributed by atoms with Gasteiger partial charge in [0.25, 0.3) is 0 Å². The lowest BCUT2D eigenvalue weighted by Gasteiger charge is -2.36. The van der Waals surface area contributed by atoms with Gasteiger partial charge in [0.2, 0.25) is 0 Å². The molecule has 1 unspecified atom stereocenters. The number of nitrogens with zero attached hydrogens (tertiary/aromatic N) is 2. The number of benzene rings is 3. The summed E-state index contributed by atoms with van der Waals surface area (Å²) < 4.78 is 57.1. The molecule has 5 rings (SSSR count). The fourth-order valence-corrected chi connectivity index (χ4v) is 6.70. The fourth-order valence-electron chi connectivity index (χ4n) is 5.45. The summed E-state index contributed by atoms with van der Waals surface area (Å²) in [6, 6.07) is 13.7. The van der Waals surface area contributed by atoms with Gasteiger partial charge in [0.05, 0.1) is 29.1 Å². The Kier molecular flexibility index (Phi) is 8.60. The highest BCUT2D eigenvalue weighted by Gasteiger charge is 2.40. The maximum atomic E-state index is 15.2. The van der Waals surface area contributed by atoms with E-state index in [4.69, 9.17) is 26.1 Å². The first-order chi connectivity index (χ1) is 20.3. The second kappa shape index (κ2) is 11.9. The van der Waals surface area contributed by atoms with E-state index in [0.29, 0.717) is 28.0 Å². The molecule has 0 spiro atoms. The van der Waals surface area contributed by atoms with Gasteiger partial charge in [-0.25, -0.2) is 22.9 Å². The van der Waals surface area contributed by atoms with E-state index < -0.39 is 28.6 Å². The molecule has 0 N–H and O–H groups in total. The van der Waals surface area contributed by atoms with E-state index in [2.05, 4.69) is 6.92 Å². The van der Waals surface area contributed by atoms with Gasteiger partial charge in [-0.3, -0.25) is 4.57 Å². The SMILES string of the molecule is COc1cc(C2(C)CCCc3nc(SCc4c(F)cc(C(=O)OC(C)(C)C)cc4F)n(-c4ccc(F)cc4)c32)ccc1Cl. The number of carbonyl (C=O) groups excluding carboxylic acids is 1. The van der Waals surface area contributed by atoms with E-state index >= 15 is 8.78 Å². The molecule has 10 heteroatoms. The van der Waals surface area contributed by atoms with Crippen LogP contribution in [0.25, 0.3) is 5.69 Å². The highest BCUT2D eigenvalue weighted by Crippen LogP contribution is 2.47. The molecule has 1 heterocycles. The Morgan fingerprint density at radius 1 is 1.07 bits per heavy atom. The van der Waals surface area contributed by atoms with Crippen LogP contribution in [0.5, 0.6) is 5.75 Å². The number of ether oxygens (including phenoxy) is 2. The lowest BCUT2D eigenvalue weighted by atomic mass is 9.71. The lowest BCUT2D eigenvalue weighted by Crippen LogP contribution is -2.31. The second-order valence-corrected chi connectivity index (χ2v) is 13.1. The van der Waals surface area contributed by atoms with Crippen LogP contribution in [0.2, 0.25) is 5.02 Å². The highest BCUT2D eigenvalue weighted by atomic mass is 35.5. The Labute approximate surface area is 258 Å². The molecule has 1 aliphatic rings. The molecule has 0 aliphatic heterocycles. The van der Waals surface area contributed by atoms with E-state index in [-0.39, 0.29) is 22.7 Å². The zero-order valence-corrected chi connectivity index (χ0v) is 26.1. The van der Waals surface area contributed by atoms with Gasteiger partial charge in [-0.2, -0.15) is 0 Å². The van der Waals surface area contributed by atoms with Gasteiger partial charge in [-0.05, 0) is 101 Å². The van der Waals surface area contributed by atoms with Gasteiger partial charge in [0.15, 0.2) is 5.16 Å². The number of aryl methyl sites for hydroxylation is 1. The number of halogens is 4. The molecule has 0 saturated heterocycles. The van der Waals surface area contributed by atoms with Crippen molar-refractivity contribution in [1.82, 2.24) is 9.55 Å². The average Bonchev–Trinajstić information content (AvgIpc) is 3.32. The molecule has 0 amide bonds. The van der Waals surface area contributed by atoms with Crippen LogP contribution in [0.4, 0.5) is 13.2 Å². The zero-order valence-electron chi connectivity index (χ0n) is 24.6. The van der Waals surface area contributed by atoms with Crippen molar-refractivity contribution in [1.29, 1.82) is 0 Å². The van der Waals surface area contributed by atoms with Crippen LogP contribution in [0.3, 0.4) is 0 Å². The lowest BCUT2D eigenvalue weighted by molar-refractivity contribution is 0.00683. The molecule has 0 fully saturated rings. The Balaban J connectivity index is 1.57.